The standard InChI is InChI=1S/C21H30F3N3O3/c1-11(2)7-16(26-12(3)28)20(30)25-10-17(21(4,5)6)27-19(29)13-8-14(22)18(24)15(23)9-13/h8-9,11,16-17H,7,10H2,1-6H3,(H,25,30)(H,26,28)(H,27,29)/t16-,17?/m0/s1. The molecule has 0 aliphatic heterocycles. The molecule has 0 bridgehead atoms. The van der Waals surface area contributed by atoms with Crippen molar-refractivity contribution >= 4 is 17.7 Å². The predicted molar refractivity (Wildman–Crippen MR) is 107 cm³/mol. The van der Waals surface area contributed by atoms with E-state index in [0.29, 0.717) is 18.6 Å². The zero-order chi connectivity index (χ0) is 23.2. The van der Waals surface area contributed by atoms with Crippen molar-refractivity contribution in [3.8, 4) is 0 Å². The van der Waals surface area contributed by atoms with Gasteiger partial charge in [-0.05, 0) is 29.9 Å². The Balaban J connectivity index is 2.91. The number of carbonyl (C=O) groups excluding carboxylic acids is 3. The molecule has 3 N–H and O–H groups in total. The first-order valence-corrected chi connectivity index (χ1v) is 9.72. The zero-order valence-corrected chi connectivity index (χ0v) is 18.2. The molecule has 1 aromatic carbocycles. The van der Waals surface area contributed by atoms with Crippen LogP contribution in [0.4, 0.5) is 13.2 Å². The minimum absolute atomic E-state index is 0.0222. The minimum atomic E-state index is -1.65. The molecule has 0 heterocycles. The van der Waals surface area contributed by atoms with Gasteiger partial charge in [0, 0.05) is 19.0 Å². The normalized spacial score (nSPS) is 13.5. The summed E-state index contributed by atoms with van der Waals surface area (Å²) < 4.78 is 40.0. The number of halogens is 3. The lowest BCUT2D eigenvalue weighted by molar-refractivity contribution is -0.128. The number of hydrogen-bond acceptors (Lipinski definition) is 3. The van der Waals surface area contributed by atoms with Crippen LogP contribution in [0, 0.1) is 28.8 Å². The molecule has 1 unspecified atom stereocenters. The van der Waals surface area contributed by atoms with Crippen molar-refractivity contribution in [3.63, 3.8) is 0 Å². The van der Waals surface area contributed by atoms with Gasteiger partial charge in [0.1, 0.15) is 6.04 Å². The van der Waals surface area contributed by atoms with Crippen LogP contribution < -0.4 is 16.0 Å². The van der Waals surface area contributed by atoms with E-state index in [1.807, 2.05) is 34.6 Å². The lowest BCUT2D eigenvalue weighted by Gasteiger charge is -2.32. The number of nitrogens with one attached hydrogen (secondary N) is 3. The fourth-order valence-electron chi connectivity index (χ4n) is 2.78. The third kappa shape index (κ3) is 7.68. The minimum Gasteiger partial charge on any atom is -0.352 e. The van der Waals surface area contributed by atoms with Gasteiger partial charge in [-0.1, -0.05) is 34.6 Å². The van der Waals surface area contributed by atoms with Crippen molar-refractivity contribution in [2.24, 2.45) is 11.3 Å². The number of hydrogen-bond donors (Lipinski definition) is 3. The summed E-state index contributed by atoms with van der Waals surface area (Å²) >= 11 is 0. The summed E-state index contributed by atoms with van der Waals surface area (Å²) in [4.78, 5) is 36.4. The molecule has 6 nitrogen and oxygen atoms in total. The van der Waals surface area contributed by atoms with Crippen LogP contribution in [0.1, 0.15) is 58.3 Å². The monoisotopic (exact) mass is 429 g/mol. The molecule has 3 amide bonds. The van der Waals surface area contributed by atoms with E-state index in [4.69, 9.17) is 0 Å². The van der Waals surface area contributed by atoms with Gasteiger partial charge in [-0.15, -0.1) is 0 Å². The van der Waals surface area contributed by atoms with E-state index in [-0.39, 0.29) is 23.9 Å². The van der Waals surface area contributed by atoms with Gasteiger partial charge in [0.15, 0.2) is 17.5 Å². The van der Waals surface area contributed by atoms with Crippen LogP contribution in [0.15, 0.2) is 12.1 Å². The quantitative estimate of drug-likeness (QED) is 0.556. The fourth-order valence-corrected chi connectivity index (χ4v) is 2.78. The third-order valence-corrected chi connectivity index (χ3v) is 4.48. The second-order valence-corrected chi connectivity index (χ2v) is 8.77. The van der Waals surface area contributed by atoms with Gasteiger partial charge >= 0.3 is 0 Å². The second kappa shape index (κ2) is 10.4. The molecule has 2 atom stereocenters. The molecule has 0 aliphatic carbocycles. The first kappa shape index (κ1) is 25.5. The lowest BCUT2D eigenvalue weighted by atomic mass is 9.86. The number of amides is 3. The van der Waals surface area contributed by atoms with E-state index >= 15 is 0 Å². The number of rotatable bonds is 8. The Kier molecular flexibility index (Phi) is 8.87. The maximum absolute atomic E-state index is 13.4. The van der Waals surface area contributed by atoms with E-state index in [9.17, 15) is 27.6 Å². The molecular weight excluding hydrogens is 399 g/mol. The lowest BCUT2D eigenvalue weighted by Crippen LogP contribution is -2.54. The molecule has 168 valence electrons. The molecule has 0 fully saturated rings. The molecule has 0 radical (unpaired) electrons. The molecule has 9 heteroatoms. The van der Waals surface area contributed by atoms with Crippen LogP contribution in [-0.4, -0.2) is 36.3 Å². The molecular formula is C21H30F3N3O3. The van der Waals surface area contributed by atoms with Crippen LogP contribution in [0.5, 0.6) is 0 Å². The Morgan fingerprint density at radius 1 is 1.00 bits per heavy atom. The summed E-state index contributed by atoms with van der Waals surface area (Å²) in [6.07, 6.45) is 0.437. The molecule has 1 aromatic rings. The summed E-state index contributed by atoms with van der Waals surface area (Å²) in [5.41, 5.74) is -0.898. The van der Waals surface area contributed by atoms with Crippen molar-refractivity contribution < 1.29 is 27.6 Å². The number of benzene rings is 1. The summed E-state index contributed by atoms with van der Waals surface area (Å²) in [5.74, 6) is -5.96. The van der Waals surface area contributed by atoms with Gasteiger partial charge in [0.25, 0.3) is 5.91 Å². The molecule has 1 rings (SSSR count). The Morgan fingerprint density at radius 3 is 1.97 bits per heavy atom. The van der Waals surface area contributed by atoms with Crippen molar-refractivity contribution in [1.29, 1.82) is 0 Å². The van der Waals surface area contributed by atoms with Gasteiger partial charge in [0.05, 0.1) is 6.04 Å². The van der Waals surface area contributed by atoms with Crippen LogP contribution >= 0.6 is 0 Å². The summed E-state index contributed by atoms with van der Waals surface area (Å²) in [6, 6.07) is -0.107. The summed E-state index contributed by atoms with van der Waals surface area (Å²) in [6.45, 7) is 10.6. The molecule has 30 heavy (non-hydrogen) atoms. The van der Waals surface area contributed by atoms with Crippen molar-refractivity contribution in [2.75, 3.05) is 6.54 Å². The zero-order valence-electron chi connectivity index (χ0n) is 18.2. The van der Waals surface area contributed by atoms with E-state index in [1.54, 1.807) is 0 Å². The highest BCUT2D eigenvalue weighted by atomic mass is 19.2. The van der Waals surface area contributed by atoms with Gasteiger partial charge in [0.2, 0.25) is 11.8 Å². The Hall–Kier alpha value is -2.58. The van der Waals surface area contributed by atoms with Crippen molar-refractivity contribution in [3.05, 3.63) is 35.1 Å². The average Bonchev–Trinajstić information content (AvgIpc) is 2.59. The second-order valence-electron chi connectivity index (χ2n) is 8.77. The van der Waals surface area contributed by atoms with E-state index in [1.165, 1.54) is 6.92 Å². The molecule has 0 spiro atoms. The highest BCUT2D eigenvalue weighted by Crippen LogP contribution is 2.20. The van der Waals surface area contributed by atoms with Crippen LogP contribution in [0.25, 0.3) is 0 Å². The molecule has 0 saturated heterocycles. The van der Waals surface area contributed by atoms with Gasteiger partial charge < -0.3 is 16.0 Å². The molecule has 0 aliphatic rings. The number of carbonyl (C=O) groups is 3. The SMILES string of the molecule is CC(=O)N[C@@H](CC(C)C)C(=O)NCC(NC(=O)c1cc(F)c(F)c(F)c1)C(C)(C)C. The maximum Gasteiger partial charge on any atom is 0.251 e. The summed E-state index contributed by atoms with van der Waals surface area (Å²) in [7, 11) is 0. The summed E-state index contributed by atoms with van der Waals surface area (Å²) in [5, 5.41) is 7.94. The predicted octanol–water partition coefficient (Wildman–Crippen LogP) is 2.92. The van der Waals surface area contributed by atoms with E-state index in [0.717, 1.165) is 0 Å². The highest BCUT2D eigenvalue weighted by Gasteiger charge is 2.29. The van der Waals surface area contributed by atoms with E-state index < -0.39 is 46.8 Å². The highest BCUT2D eigenvalue weighted by molar-refractivity contribution is 5.94. The Morgan fingerprint density at radius 2 is 1.53 bits per heavy atom. The van der Waals surface area contributed by atoms with E-state index in [2.05, 4.69) is 16.0 Å². The first-order valence-electron chi connectivity index (χ1n) is 9.72. The van der Waals surface area contributed by atoms with Gasteiger partial charge in [-0.25, -0.2) is 13.2 Å². The Bertz CT molecular complexity index is 768. The van der Waals surface area contributed by atoms with Gasteiger partial charge in [-0.2, -0.15) is 0 Å². The molecule has 0 saturated carbocycles. The topological polar surface area (TPSA) is 87.3 Å². The van der Waals surface area contributed by atoms with Crippen molar-refractivity contribution in [2.45, 2.75) is 60.0 Å². The Labute approximate surface area is 175 Å². The van der Waals surface area contributed by atoms with Crippen LogP contribution in [0.3, 0.4) is 0 Å². The smallest absolute Gasteiger partial charge is 0.251 e. The average molecular weight is 429 g/mol. The fraction of sp³-hybridized carbons (Fsp3) is 0.571. The largest absolute Gasteiger partial charge is 0.352 e. The van der Waals surface area contributed by atoms with Crippen molar-refractivity contribution in [1.82, 2.24) is 16.0 Å². The maximum atomic E-state index is 13.4. The third-order valence-electron chi connectivity index (χ3n) is 4.48. The van der Waals surface area contributed by atoms with Gasteiger partial charge in [-0.3, -0.25) is 14.4 Å². The first-order chi connectivity index (χ1) is 13.7. The molecule has 0 aromatic heterocycles. The van der Waals surface area contributed by atoms with Crippen LogP contribution in [0.2, 0.25) is 0 Å². The van der Waals surface area contributed by atoms with Crippen LogP contribution in [-0.2, 0) is 9.59 Å².